The molecule has 4 atom stereocenters. The van der Waals surface area contributed by atoms with E-state index in [9.17, 15) is 33.0 Å². The van der Waals surface area contributed by atoms with E-state index in [1.807, 2.05) is 0 Å². The molecule has 13 heteroatoms. The number of aliphatic hydroxyl groups excluding tert-OH is 2. The fourth-order valence-corrected chi connectivity index (χ4v) is 5.18. The molecule has 2 saturated heterocycles. The number of fused-ring (bicyclic) bond motifs is 1. The minimum atomic E-state index is -1.62. The van der Waals surface area contributed by atoms with Gasteiger partial charge < -0.3 is 30.2 Å². The average Bonchev–Trinajstić information content (AvgIpc) is 3.54. The molecule has 0 saturated carbocycles. The van der Waals surface area contributed by atoms with Gasteiger partial charge in [0, 0.05) is 43.9 Å². The number of urea groups is 1. The maximum atomic E-state index is 13.6. The second kappa shape index (κ2) is 9.28. The number of β-amino-alcohol motifs (C(OH)–C–C–N with tert-alkyl or cyclic N) is 1. The predicted octanol–water partition coefficient (Wildman–Crippen LogP) is 1.47. The Morgan fingerprint density at radius 1 is 1.11 bits per heavy atom. The standard InChI is InChI=1S/C23H27F3N6O4/c1-12-8-32-19(11-30(12)23(36)28-14-5-16(24)21(26)17(25)6-14)18(7-27-32)31-9-13(4-20(31)34)22(35)29-3-2-15(33)10-29/h5-7,12-13,15,20,33-34H,2-4,8-11H2,1H3,(H,28,36)/t12-,13?,15+,20?/m0/s1. The Kier molecular flexibility index (Phi) is 6.29. The van der Waals surface area contributed by atoms with Crippen molar-refractivity contribution in [3.63, 3.8) is 0 Å². The molecule has 36 heavy (non-hydrogen) atoms. The van der Waals surface area contributed by atoms with Crippen LogP contribution in [0.5, 0.6) is 0 Å². The number of rotatable bonds is 3. The summed E-state index contributed by atoms with van der Waals surface area (Å²) in [5, 5.41) is 27.3. The molecule has 4 heterocycles. The Morgan fingerprint density at radius 3 is 2.50 bits per heavy atom. The van der Waals surface area contributed by atoms with Gasteiger partial charge in [-0.25, -0.2) is 18.0 Å². The summed E-state index contributed by atoms with van der Waals surface area (Å²) in [6.07, 6.45) is 0.908. The highest BCUT2D eigenvalue weighted by Crippen LogP contribution is 2.34. The molecule has 194 valence electrons. The highest BCUT2D eigenvalue weighted by molar-refractivity contribution is 5.89. The minimum Gasteiger partial charge on any atom is -0.391 e. The van der Waals surface area contributed by atoms with Crippen LogP contribution in [0.4, 0.5) is 29.3 Å². The molecule has 2 fully saturated rings. The molecule has 3 aliphatic heterocycles. The zero-order valence-electron chi connectivity index (χ0n) is 19.6. The first kappa shape index (κ1) is 24.4. The SMILES string of the molecule is C[C@H]1Cn2ncc(N3CC(C(=O)N4CC[C@@H](O)C4)CC3O)c2CN1C(=O)Nc1cc(F)c(F)c(F)c1. The molecule has 10 nitrogen and oxygen atoms in total. The second-order valence-electron chi connectivity index (χ2n) is 9.61. The molecule has 2 unspecified atom stereocenters. The third-order valence-corrected chi connectivity index (χ3v) is 7.12. The van der Waals surface area contributed by atoms with E-state index in [1.165, 1.54) is 4.90 Å². The molecule has 3 amide bonds. The lowest BCUT2D eigenvalue weighted by Gasteiger charge is -2.35. The van der Waals surface area contributed by atoms with E-state index in [1.54, 1.807) is 27.6 Å². The van der Waals surface area contributed by atoms with E-state index >= 15 is 0 Å². The van der Waals surface area contributed by atoms with Crippen LogP contribution >= 0.6 is 0 Å². The molecule has 3 aliphatic rings. The number of hydrogen-bond donors (Lipinski definition) is 3. The number of likely N-dealkylation sites (tertiary alicyclic amines) is 1. The number of aromatic nitrogens is 2. The van der Waals surface area contributed by atoms with Gasteiger partial charge in [-0.05, 0) is 13.3 Å². The molecule has 2 aromatic rings. The number of nitrogens with one attached hydrogen (secondary N) is 1. The normalized spacial score (nSPS) is 25.9. The Hall–Kier alpha value is -3.32. The van der Waals surface area contributed by atoms with E-state index in [-0.39, 0.29) is 37.1 Å². The van der Waals surface area contributed by atoms with Crippen LogP contribution in [0.25, 0.3) is 0 Å². The molecule has 0 bridgehead atoms. The lowest BCUT2D eigenvalue weighted by molar-refractivity contribution is -0.134. The summed E-state index contributed by atoms with van der Waals surface area (Å²) < 4.78 is 42.1. The topological polar surface area (TPSA) is 114 Å². The lowest BCUT2D eigenvalue weighted by atomic mass is 10.1. The molecule has 3 N–H and O–H groups in total. The monoisotopic (exact) mass is 508 g/mol. The van der Waals surface area contributed by atoms with E-state index in [0.29, 0.717) is 49.6 Å². The van der Waals surface area contributed by atoms with Gasteiger partial charge in [-0.2, -0.15) is 5.10 Å². The third-order valence-electron chi connectivity index (χ3n) is 7.12. The number of aliphatic hydroxyl groups is 2. The van der Waals surface area contributed by atoms with Gasteiger partial charge in [0.2, 0.25) is 5.91 Å². The van der Waals surface area contributed by atoms with Crippen LogP contribution in [0.15, 0.2) is 18.3 Å². The van der Waals surface area contributed by atoms with E-state index in [2.05, 4.69) is 10.4 Å². The van der Waals surface area contributed by atoms with Gasteiger partial charge in [-0.3, -0.25) is 9.48 Å². The number of carbonyl (C=O) groups excluding carboxylic acids is 2. The van der Waals surface area contributed by atoms with Gasteiger partial charge in [-0.1, -0.05) is 0 Å². The van der Waals surface area contributed by atoms with Crippen LogP contribution < -0.4 is 10.2 Å². The minimum absolute atomic E-state index is 0.0919. The predicted molar refractivity (Wildman–Crippen MR) is 121 cm³/mol. The number of halogens is 3. The number of anilines is 2. The van der Waals surface area contributed by atoms with E-state index in [4.69, 9.17) is 0 Å². The van der Waals surface area contributed by atoms with Crippen LogP contribution in [0.3, 0.4) is 0 Å². The number of carbonyl (C=O) groups is 2. The van der Waals surface area contributed by atoms with Crippen molar-refractivity contribution in [2.75, 3.05) is 29.9 Å². The number of benzene rings is 1. The van der Waals surface area contributed by atoms with Crippen LogP contribution in [0.2, 0.25) is 0 Å². The van der Waals surface area contributed by atoms with Gasteiger partial charge in [-0.15, -0.1) is 0 Å². The third kappa shape index (κ3) is 4.37. The smallest absolute Gasteiger partial charge is 0.322 e. The Morgan fingerprint density at radius 2 is 1.83 bits per heavy atom. The highest BCUT2D eigenvalue weighted by atomic mass is 19.2. The summed E-state index contributed by atoms with van der Waals surface area (Å²) in [4.78, 5) is 30.6. The first-order chi connectivity index (χ1) is 17.1. The summed E-state index contributed by atoms with van der Waals surface area (Å²) in [6.45, 7) is 3.26. The summed E-state index contributed by atoms with van der Waals surface area (Å²) in [6, 6.07) is 0.462. The van der Waals surface area contributed by atoms with Crippen LogP contribution in [-0.2, 0) is 17.9 Å². The van der Waals surface area contributed by atoms with Crippen molar-refractivity contribution in [2.24, 2.45) is 5.92 Å². The van der Waals surface area contributed by atoms with Gasteiger partial charge in [0.15, 0.2) is 17.5 Å². The van der Waals surface area contributed by atoms with Crippen molar-refractivity contribution in [1.29, 1.82) is 0 Å². The molecule has 1 aromatic heterocycles. The molecule has 5 rings (SSSR count). The number of hydrogen-bond acceptors (Lipinski definition) is 6. The summed E-state index contributed by atoms with van der Waals surface area (Å²) >= 11 is 0. The number of amides is 3. The van der Waals surface area contributed by atoms with Gasteiger partial charge >= 0.3 is 6.03 Å². The number of nitrogens with zero attached hydrogens (tertiary/aromatic N) is 5. The van der Waals surface area contributed by atoms with Gasteiger partial charge in [0.25, 0.3) is 0 Å². The molecule has 0 aliphatic carbocycles. The van der Waals surface area contributed by atoms with E-state index < -0.39 is 41.7 Å². The Labute approximate surface area is 204 Å². The van der Waals surface area contributed by atoms with E-state index in [0.717, 1.165) is 0 Å². The van der Waals surface area contributed by atoms with Crippen molar-refractivity contribution in [1.82, 2.24) is 19.6 Å². The maximum absolute atomic E-state index is 13.6. The van der Waals surface area contributed by atoms with Gasteiger partial charge in [0.1, 0.15) is 6.23 Å². The molecule has 0 radical (unpaired) electrons. The maximum Gasteiger partial charge on any atom is 0.322 e. The largest absolute Gasteiger partial charge is 0.391 e. The van der Waals surface area contributed by atoms with Crippen molar-refractivity contribution < 1.29 is 33.0 Å². The first-order valence-electron chi connectivity index (χ1n) is 11.8. The van der Waals surface area contributed by atoms with Crippen molar-refractivity contribution in [2.45, 2.75) is 51.2 Å². The summed E-state index contributed by atoms with van der Waals surface area (Å²) in [7, 11) is 0. The quantitative estimate of drug-likeness (QED) is 0.542. The Balaban J connectivity index is 1.31. The zero-order chi connectivity index (χ0) is 25.7. The van der Waals surface area contributed by atoms with Crippen molar-refractivity contribution in [3.8, 4) is 0 Å². The molecule has 0 spiro atoms. The summed E-state index contributed by atoms with van der Waals surface area (Å²) in [5.41, 5.74) is 1.01. The molecular weight excluding hydrogens is 481 g/mol. The molecule has 1 aromatic carbocycles. The fraction of sp³-hybridized carbons (Fsp3) is 0.522. The fourth-order valence-electron chi connectivity index (χ4n) is 5.18. The highest BCUT2D eigenvalue weighted by Gasteiger charge is 2.41. The van der Waals surface area contributed by atoms with Crippen LogP contribution in [0.1, 0.15) is 25.5 Å². The second-order valence-corrected chi connectivity index (χ2v) is 9.61. The van der Waals surface area contributed by atoms with Crippen LogP contribution in [-0.4, -0.2) is 79.7 Å². The molecular formula is C23H27F3N6O4. The van der Waals surface area contributed by atoms with Crippen LogP contribution in [0, 0.1) is 23.4 Å². The average molecular weight is 509 g/mol. The lowest BCUT2D eigenvalue weighted by Crippen LogP contribution is -2.47. The summed E-state index contributed by atoms with van der Waals surface area (Å²) in [5.74, 6) is -4.98. The first-order valence-corrected chi connectivity index (χ1v) is 11.8. The Bertz CT molecular complexity index is 1170. The van der Waals surface area contributed by atoms with Crippen molar-refractivity contribution >= 4 is 23.3 Å². The van der Waals surface area contributed by atoms with Crippen molar-refractivity contribution in [3.05, 3.63) is 41.5 Å². The van der Waals surface area contributed by atoms with Gasteiger partial charge in [0.05, 0.1) is 48.7 Å². The zero-order valence-corrected chi connectivity index (χ0v) is 19.6.